The average Bonchev–Trinajstić information content (AvgIpc) is 3.42. The van der Waals surface area contributed by atoms with Crippen LogP contribution in [0.3, 0.4) is 0 Å². The van der Waals surface area contributed by atoms with Crippen LogP contribution in [0.25, 0.3) is 21.4 Å². The van der Waals surface area contributed by atoms with Gasteiger partial charge in [0.25, 0.3) is 5.91 Å². The number of furan rings is 1. The molecule has 1 aliphatic heterocycles. The molecule has 1 saturated heterocycles. The number of ether oxygens (including phenoxy) is 1. The van der Waals surface area contributed by atoms with Gasteiger partial charge in [0.2, 0.25) is 0 Å². The number of carbonyl (C=O) groups is 1. The van der Waals surface area contributed by atoms with Crippen LogP contribution in [0.5, 0.6) is 5.75 Å². The zero-order valence-corrected chi connectivity index (χ0v) is 19.2. The monoisotopic (exact) mass is 446 g/mol. The van der Waals surface area contributed by atoms with Gasteiger partial charge in [0.05, 0.1) is 17.0 Å². The van der Waals surface area contributed by atoms with E-state index in [-0.39, 0.29) is 11.9 Å². The maximum Gasteiger partial charge on any atom is 0.274 e. The van der Waals surface area contributed by atoms with Gasteiger partial charge < -0.3 is 14.1 Å². The van der Waals surface area contributed by atoms with Crippen molar-refractivity contribution in [2.45, 2.75) is 38.6 Å². The van der Waals surface area contributed by atoms with E-state index in [4.69, 9.17) is 9.15 Å². The van der Waals surface area contributed by atoms with E-state index in [0.717, 1.165) is 70.2 Å². The molecule has 2 aromatic heterocycles. The molecule has 2 aromatic carbocycles. The molecule has 1 aliphatic rings. The summed E-state index contributed by atoms with van der Waals surface area (Å²) >= 11 is 1.56. The van der Waals surface area contributed by atoms with Gasteiger partial charge in [-0.05, 0) is 68.1 Å². The number of piperidine rings is 1. The first-order chi connectivity index (χ1) is 15.6. The Morgan fingerprint density at radius 1 is 1.19 bits per heavy atom. The summed E-state index contributed by atoms with van der Waals surface area (Å²) in [6.45, 7) is 2.71. The fourth-order valence-corrected chi connectivity index (χ4v) is 5.41. The zero-order valence-electron chi connectivity index (χ0n) is 18.3. The van der Waals surface area contributed by atoms with Crippen LogP contribution < -0.4 is 4.74 Å². The number of carbonyl (C=O) groups excluding carboxylic acids is 1. The number of fused-ring (bicyclic) bond motifs is 1. The molecule has 4 aromatic rings. The van der Waals surface area contributed by atoms with Crippen LogP contribution in [0.4, 0.5) is 0 Å². The van der Waals surface area contributed by atoms with Crippen molar-refractivity contribution < 1.29 is 13.9 Å². The number of methoxy groups -OCH3 is 1. The number of aromatic nitrogens is 1. The fourth-order valence-electron chi connectivity index (χ4n) is 4.50. The fraction of sp³-hybridized carbons (Fsp3) is 0.308. The summed E-state index contributed by atoms with van der Waals surface area (Å²) in [6.07, 6.45) is 3.84. The van der Waals surface area contributed by atoms with E-state index in [0.29, 0.717) is 5.69 Å². The molecule has 3 heterocycles. The standard InChI is InChI=1S/C26H26N2O3S/c1-17-27-24(25(32-17)18-10-12-21(30-2)13-11-18)26(29)28-14-6-5-8-20(28)16-22-15-19-7-3-4-9-23(19)31-22/h3-4,7,9-13,15,20H,5-6,8,14,16H2,1-2H3. The Morgan fingerprint density at radius 2 is 2.00 bits per heavy atom. The molecule has 6 heteroatoms. The molecule has 1 unspecified atom stereocenters. The van der Waals surface area contributed by atoms with E-state index in [1.807, 2.05) is 54.3 Å². The van der Waals surface area contributed by atoms with Gasteiger partial charge in [-0.25, -0.2) is 4.98 Å². The number of aryl methyl sites for hydroxylation is 1. The second-order valence-electron chi connectivity index (χ2n) is 8.24. The predicted octanol–water partition coefficient (Wildman–Crippen LogP) is 6.11. The highest BCUT2D eigenvalue weighted by Gasteiger charge is 2.31. The Morgan fingerprint density at radius 3 is 2.78 bits per heavy atom. The SMILES string of the molecule is COc1ccc(-c2sc(C)nc2C(=O)N2CCCCC2Cc2cc3ccccc3o2)cc1. The van der Waals surface area contributed by atoms with E-state index in [1.54, 1.807) is 18.4 Å². The summed E-state index contributed by atoms with van der Waals surface area (Å²) < 4.78 is 11.3. The van der Waals surface area contributed by atoms with Gasteiger partial charge in [0, 0.05) is 24.4 Å². The minimum absolute atomic E-state index is 0.0148. The first-order valence-electron chi connectivity index (χ1n) is 11.0. The van der Waals surface area contributed by atoms with Gasteiger partial charge >= 0.3 is 0 Å². The number of hydrogen-bond donors (Lipinski definition) is 0. The molecular formula is C26H26N2O3S. The van der Waals surface area contributed by atoms with Crippen LogP contribution in [0, 0.1) is 6.92 Å². The summed E-state index contributed by atoms with van der Waals surface area (Å²) in [6, 6.07) is 18.1. The number of thiazole rings is 1. The van der Waals surface area contributed by atoms with Crippen LogP contribution in [0.2, 0.25) is 0 Å². The normalized spacial score (nSPS) is 16.4. The quantitative estimate of drug-likeness (QED) is 0.371. The smallest absolute Gasteiger partial charge is 0.274 e. The van der Waals surface area contributed by atoms with Gasteiger partial charge in [0.1, 0.15) is 22.8 Å². The van der Waals surface area contributed by atoms with Crippen LogP contribution in [0.1, 0.15) is 40.5 Å². The molecular weight excluding hydrogens is 420 g/mol. The first kappa shape index (κ1) is 20.8. The van der Waals surface area contributed by atoms with Crippen molar-refractivity contribution in [2.75, 3.05) is 13.7 Å². The van der Waals surface area contributed by atoms with Crippen molar-refractivity contribution in [3.63, 3.8) is 0 Å². The van der Waals surface area contributed by atoms with Crippen molar-refractivity contribution in [3.05, 3.63) is 71.1 Å². The van der Waals surface area contributed by atoms with Crippen LogP contribution in [-0.4, -0.2) is 35.5 Å². The Kier molecular flexibility index (Phi) is 5.70. The molecule has 0 spiro atoms. The highest BCUT2D eigenvalue weighted by molar-refractivity contribution is 7.15. The number of rotatable bonds is 5. The highest BCUT2D eigenvalue weighted by atomic mass is 32.1. The third kappa shape index (κ3) is 4.02. The molecule has 0 bridgehead atoms. The predicted molar refractivity (Wildman–Crippen MR) is 127 cm³/mol. The Bertz CT molecular complexity index is 1210. The highest BCUT2D eigenvalue weighted by Crippen LogP contribution is 2.34. The van der Waals surface area contributed by atoms with E-state index in [1.165, 1.54) is 0 Å². The number of likely N-dealkylation sites (tertiary alicyclic amines) is 1. The lowest BCUT2D eigenvalue weighted by molar-refractivity contribution is 0.0603. The maximum absolute atomic E-state index is 13.7. The number of hydrogen-bond acceptors (Lipinski definition) is 5. The average molecular weight is 447 g/mol. The van der Waals surface area contributed by atoms with Crippen molar-refractivity contribution in [3.8, 4) is 16.2 Å². The lowest BCUT2D eigenvalue weighted by Crippen LogP contribution is -2.45. The molecule has 1 amide bonds. The second-order valence-corrected chi connectivity index (χ2v) is 9.45. The van der Waals surface area contributed by atoms with Gasteiger partial charge in [0.15, 0.2) is 0 Å². The molecule has 32 heavy (non-hydrogen) atoms. The minimum atomic E-state index is 0.0148. The largest absolute Gasteiger partial charge is 0.497 e. The summed E-state index contributed by atoms with van der Waals surface area (Å²) in [5.41, 5.74) is 2.44. The lowest BCUT2D eigenvalue weighted by atomic mass is 9.97. The summed E-state index contributed by atoms with van der Waals surface area (Å²) in [5.74, 6) is 1.74. The van der Waals surface area contributed by atoms with Gasteiger partial charge in [-0.2, -0.15) is 0 Å². The van der Waals surface area contributed by atoms with Crippen molar-refractivity contribution in [1.82, 2.24) is 9.88 Å². The van der Waals surface area contributed by atoms with Crippen molar-refractivity contribution >= 4 is 28.2 Å². The van der Waals surface area contributed by atoms with Gasteiger partial charge in [-0.1, -0.05) is 18.2 Å². The molecule has 0 N–H and O–H groups in total. The third-order valence-corrected chi connectivity index (χ3v) is 7.11. The number of amides is 1. The lowest BCUT2D eigenvalue weighted by Gasteiger charge is -2.35. The molecule has 1 atom stereocenters. The Hall–Kier alpha value is -3.12. The Balaban J connectivity index is 1.43. The van der Waals surface area contributed by atoms with E-state index in [2.05, 4.69) is 17.1 Å². The molecule has 5 nitrogen and oxygen atoms in total. The van der Waals surface area contributed by atoms with Gasteiger partial charge in [-0.15, -0.1) is 11.3 Å². The third-order valence-electron chi connectivity index (χ3n) is 6.09. The minimum Gasteiger partial charge on any atom is -0.497 e. The van der Waals surface area contributed by atoms with Gasteiger partial charge in [-0.3, -0.25) is 4.79 Å². The number of nitrogens with zero attached hydrogens (tertiary/aromatic N) is 2. The van der Waals surface area contributed by atoms with E-state index >= 15 is 0 Å². The van der Waals surface area contributed by atoms with E-state index in [9.17, 15) is 4.79 Å². The van der Waals surface area contributed by atoms with Crippen LogP contribution >= 0.6 is 11.3 Å². The molecule has 5 rings (SSSR count). The molecule has 164 valence electrons. The summed E-state index contributed by atoms with van der Waals surface area (Å²) in [4.78, 5) is 21.3. The van der Waals surface area contributed by atoms with Crippen molar-refractivity contribution in [2.24, 2.45) is 0 Å². The molecule has 0 aliphatic carbocycles. The molecule has 1 fully saturated rings. The maximum atomic E-state index is 13.7. The van der Waals surface area contributed by atoms with Crippen molar-refractivity contribution in [1.29, 1.82) is 0 Å². The first-order valence-corrected chi connectivity index (χ1v) is 11.8. The number of benzene rings is 2. The number of para-hydroxylation sites is 1. The second kappa shape index (κ2) is 8.79. The van der Waals surface area contributed by atoms with Crippen LogP contribution in [0.15, 0.2) is 59.0 Å². The van der Waals surface area contributed by atoms with E-state index < -0.39 is 0 Å². The van der Waals surface area contributed by atoms with Crippen LogP contribution in [-0.2, 0) is 6.42 Å². The molecule has 0 saturated carbocycles. The topological polar surface area (TPSA) is 55.6 Å². The molecule has 0 radical (unpaired) electrons. The summed E-state index contributed by atoms with van der Waals surface area (Å²) in [7, 11) is 1.65. The Labute approximate surface area is 191 Å². The zero-order chi connectivity index (χ0) is 22.1. The summed E-state index contributed by atoms with van der Waals surface area (Å²) in [5, 5.41) is 2.00.